The van der Waals surface area contributed by atoms with Crippen LogP contribution in [-0.2, 0) is 30.4 Å². The molecule has 0 aliphatic carbocycles. The number of aliphatic hydroxyl groups excluding tert-OH is 1. The Hall–Kier alpha value is -1.53. The van der Waals surface area contributed by atoms with Gasteiger partial charge in [0.15, 0.2) is 0 Å². The average molecular weight is 391 g/mol. The number of ether oxygens (including phenoxy) is 2. The Morgan fingerprint density at radius 1 is 1.54 bits per heavy atom. The number of aromatic nitrogens is 2. The lowest BCUT2D eigenvalue weighted by Crippen LogP contribution is -2.30. The maximum Gasteiger partial charge on any atom is 0.351 e. The number of nitrogen functional groups attached to an aromatic ring is 1. The molecule has 0 radical (unpaired) electrons. The second-order valence-electron chi connectivity index (χ2n) is 6.26. The Balaban J connectivity index is 2.23. The van der Waals surface area contributed by atoms with Crippen molar-refractivity contribution in [3.8, 4) is 0 Å². The molecule has 1 fully saturated rings. The third-order valence-corrected chi connectivity index (χ3v) is 4.73. The number of rotatable bonds is 8. The van der Waals surface area contributed by atoms with Gasteiger partial charge in [-0.1, -0.05) is 6.92 Å². The highest BCUT2D eigenvalue weighted by molar-refractivity contribution is 7.86. The first-order valence-corrected chi connectivity index (χ1v) is 10.1. The summed E-state index contributed by atoms with van der Waals surface area (Å²) in [5.74, 6) is 0.0650. The quantitative estimate of drug-likeness (QED) is 0.574. The molecule has 3 N–H and O–H groups in total. The highest BCUT2D eigenvalue weighted by Crippen LogP contribution is 2.31. The van der Waals surface area contributed by atoms with Crippen LogP contribution in [0.15, 0.2) is 11.0 Å². The van der Waals surface area contributed by atoms with E-state index in [0.717, 1.165) is 12.7 Å². The van der Waals surface area contributed by atoms with Crippen LogP contribution in [0.2, 0.25) is 0 Å². The third kappa shape index (κ3) is 5.24. The van der Waals surface area contributed by atoms with Gasteiger partial charge >= 0.3 is 5.69 Å². The molecule has 1 aliphatic rings. The van der Waals surface area contributed by atoms with Crippen molar-refractivity contribution in [2.45, 2.75) is 57.8 Å². The van der Waals surface area contributed by atoms with E-state index in [0.29, 0.717) is 5.56 Å². The van der Waals surface area contributed by atoms with Crippen molar-refractivity contribution in [2.24, 2.45) is 0 Å². The fourth-order valence-corrected chi connectivity index (χ4v) is 3.20. The molecule has 4 atom stereocenters. The fourth-order valence-electron chi connectivity index (χ4n) is 2.55. The summed E-state index contributed by atoms with van der Waals surface area (Å²) in [6.07, 6.45) is 0.691. The van der Waals surface area contributed by atoms with E-state index in [4.69, 9.17) is 19.4 Å². The van der Waals surface area contributed by atoms with Crippen LogP contribution < -0.4 is 11.4 Å². The first kappa shape index (κ1) is 20.8. The van der Waals surface area contributed by atoms with Crippen LogP contribution in [0.25, 0.3) is 0 Å². The highest BCUT2D eigenvalue weighted by Gasteiger charge is 2.39. The molecule has 1 unspecified atom stereocenters. The number of hydrogen-bond donors (Lipinski definition) is 2. The van der Waals surface area contributed by atoms with Crippen molar-refractivity contribution in [1.29, 1.82) is 0 Å². The van der Waals surface area contributed by atoms with Crippen LogP contribution in [0.1, 0.15) is 38.5 Å². The van der Waals surface area contributed by atoms with E-state index in [1.54, 1.807) is 0 Å². The van der Waals surface area contributed by atoms with E-state index >= 15 is 0 Å². The molecule has 0 amide bonds. The molecule has 1 aliphatic heterocycles. The second-order valence-corrected chi connectivity index (χ2v) is 7.86. The number of nitrogens with zero attached hydrogens (tertiary/aromatic N) is 2. The maximum absolute atomic E-state index is 12.2. The largest absolute Gasteiger partial charge is 0.394 e. The Kier molecular flexibility index (Phi) is 6.74. The van der Waals surface area contributed by atoms with E-state index in [1.165, 1.54) is 10.8 Å². The van der Waals surface area contributed by atoms with Crippen LogP contribution in [0.3, 0.4) is 0 Å². The lowest BCUT2D eigenvalue weighted by molar-refractivity contribution is -0.0415. The predicted octanol–water partition coefficient (Wildman–Crippen LogP) is -0.235. The smallest absolute Gasteiger partial charge is 0.351 e. The molecular weight excluding hydrogens is 366 g/mol. The molecule has 0 aromatic carbocycles. The van der Waals surface area contributed by atoms with Gasteiger partial charge in [-0.2, -0.15) is 13.4 Å². The van der Waals surface area contributed by atoms with Crippen molar-refractivity contribution in [1.82, 2.24) is 9.55 Å². The van der Waals surface area contributed by atoms with Gasteiger partial charge in [-0.3, -0.25) is 8.75 Å². The summed E-state index contributed by atoms with van der Waals surface area (Å²) in [7, 11) is -3.74. The summed E-state index contributed by atoms with van der Waals surface area (Å²) in [4.78, 5) is 16.0. The molecule has 2 heterocycles. The molecule has 0 bridgehead atoms. The van der Waals surface area contributed by atoms with Gasteiger partial charge in [-0.05, 0) is 13.3 Å². The minimum absolute atomic E-state index is 0.0174. The number of hydrogen-bond acceptors (Lipinski definition) is 9. The van der Waals surface area contributed by atoms with E-state index in [-0.39, 0.29) is 24.9 Å². The van der Waals surface area contributed by atoms with E-state index < -0.39 is 40.9 Å². The molecule has 1 aromatic heterocycles. The fraction of sp³-hybridized carbons (Fsp3) is 0.733. The molecule has 11 heteroatoms. The summed E-state index contributed by atoms with van der Waals surface area (Å²) in [5.41, 5.74) is 5.66. The van der Waals surface area contributed by atoms with Gasteiger partial charge in [0.05, 0.1) is 25.6 Å². The lowest BCUT2D eigenvalue weighted by Gasteiger charge is -2.17. The normalized spacial score (nSPS) is 24.7. The van der Waals surface area contributed by atoms with Crippen LogP contribution in [0.5, 0.6) is 0 Å². The van der Waals surface area contributed by atoms with E-state index in [9.17, 15) is 18.3 Å². The van der Waals surface area contributed by atoms with Crippen molar-refractivity contribution in [3.05, 3.63) is 22.2 Å². The Morgan fingerprint density at radius 2 is 2.23 bits per heavy atom. The molecule has 148 valence electrons. The van der Waals surface area contributed by atoms with Gasteiger partial charge < -0.3 is 20.3 Å². The van der Waals surface area contributed by atoms with Gasteiger partial charge in [0, 0.05) is 18.2 Å². The van der Waals surface area contributed by atoms with Gasteiger partial charge in [-0.15, -0.1) is 0 Å². The molecule has 0 saturated carbocycles. The van der Waals surface area contributed by atoms with Crippen LogP contribution in [0, 0.1) is 0 Å². The molecule has 1 saturated heterocycles. The number of anilines is 1. The molecule has 0 spiro atoms. The summed E-state index contributed by atoms with van der Waals surface area (Å²) in [6, 6.07) is 0. The maximum atomic E-state index is 12.2. The Morgan fingerprint density at radius 3 is 2.81 bits per heavy atom. The van der Waals surface area contributed by atoms with Crippen LogP contribution >= 0.6 is 0 Å². The van der Waals surface area contributed by atoms with Crippen LogP contribution in [-0.4, -0.2) is 54.2 Å². The van der Waals surface area contributed by atoms with Gasteiger partial charge in [0.25, 0.3) is 10.1 Å². The Bertz CT molecular complexity index is 780. The summed E-state index contributed by atoms with van der Waals surface area (Å²) >= 11 is 0. The minimum atomic E-state index is -3.74. The monoisotopic (exact) mass is 391 g/mol. The zero-order valence-electron chi connectivity index (χ0n) is 15.0. The van der Waals surface area contributed by atoms with E-state index in [2.05, 4.69) is 4.98 Å². The van der Waals surface area contributed by atoms with Gasteiger partial charge in [0.2, 0.25) is 0 Å². The molecule has 1 aromatic rings. The first-order valence-electron chi connectivity index (χ1n) is 8.28. The SMILES string of the molecule is CCC(C)OCc1cn([C@H]2C[C@H](OS(C)(=O)=O)[C@@H](CO)O2)c(=O)nc1N. The second kappa shape index (κ2) is 8.44. The third-order valence-electron chi connectivity index (χ3n) is 4.13. The van der Waals surface area contributed by atoms with Crippen LogP contribution in [0.4, 0.5) is 5.82 Å². The topological polar surface area (TPSA) is 143 Å². The van der Waals surface area contributed by atoms with Crippen molar-refractivity contribution >= 4 is 15.9 Å². The van der Waals surface area contributed by atoms with Crippen molar-refractivity contribution in [3.63, 3.8) is 0 Å². The van der Waals surface area contributed by atoms with E-state index in [1.807, 2.05) is 13.8 Å². The first-order chi connectivity index (χ1) is 12.1. The number of nitrogens with two attached hydrogens (primary N) is 1. The minimum Gasteiger partial charge on any atom is -0.394 e. The highest BCUT2D eigenvalue weighted by atomic mass is 32.2. The molecular formula is C15H25N3O7S. The zero-order chi connectivity index (χ0) is 19.5. The summed E-state index contributed by atoms with van der Waals surface area (Å²) in [6.45, 7) is 3.63. The summed E-state index contributed by atoms with van der Waals surface area (Å²) in [5, 5.41) is 9.40. The predicted molar refractivity (Wildman–Crippen MR) is 92.8 cm³/mol. The molecule has 10 nitrogen and oxygen atoms in total. The lowest BCUT2D eigenvalue weighted by atomic mass is 10.2. The van der Waals surface area contributed by atoms with Crippen molar-refractivity contribution < 1.29 is 27.2 Å². The zero-order valence-corrected chi connectivity index (χ0v) is 15.8. The Labute approximate surface area is 152 Å². The summed E-state index contributed by atoms with van der Waals surface area (Å²) < 4.78 is 40.1. The molecule has 26 heavy (non-hydrogen) atoms. The number of aliphatic hydroxyl groups is 1. The van der Waals surface area contributed by atoms with Gasteiger partial charge in [-0.25, -0.2) is 4.79 Å². The molecule has 2 rings (SSSR count). The van der Waals surface area contributed by atoms with Gasteiger partial charge in [0.1, 0.15) is 24.3 Å². The van der Waals surface area contributed by atoms with Crippen molar-refractivity contribution in [2.75, 3.05) is 18.6 Å². The standard InChI is InChI=1S/C15H25N3O7S/c1-4-9(2)23-8-10-6-18(15(20)17-14(10)16)13-5-11(12(7-19)24-13)25-26(3,21)22/h6,9,11-13,19H,4-5,7-8H2,1-3H3,(H2,16,17,20)/t9?,11-,12+,13+/m0/s1. The average Bonchev–Trinajstić information content (AvgIpc) is 2.94.